The number of rotatable bonds is 4. The quantitative estimate of drug-likeness (QED) is 0.188. The molecule has 2 aliphatic rings. The zero-order valence-corrected chi connectivity index (χ0v) is 27.6. The van der Waals surface area contributed by atoms with E-state index in [1.165, 1.54) is 65.1 Å². The van der Waals surface area contributed by atoms with Crippen LogP contribution in [0, 0.1) is 0 Å². The molecule has 0 unspecified atom stereocenters. The number of hydrogen-bond acceptors (Lipinski definition) is 2. The second kappa shape index (κ2) is 11.1. The van der Waals surface area contributed by atoms with Crippen LogP contribution in [0.5, 0.6) is 0 Å². The van der Waals surface area contributed by atoms with Crippen molar-refractivity contribution < 1.29 is 0 Å². The maximum Gasteiger partial charge on any atom is 0.0736 e. The number of anilines is 3. The molecule has 0 fully saturated rings. The van der Waals surface area contributed by atoms with Gasteiger partial charge in [-0.2, -0.15) is 0 Å². The van der Waals surface area contributed by atoms with Crippen molar-refractivity contribution in [2.75, 3.05) is 4.90 Å². The fraction of sp³-hybridized carbons (Fsp3) is 0.0213. The van der Waals surface area contributed by atoms with E-state index < -0.39 is 5.41 Å². The predicted octanol–water partition coefficient (Wildman–Crippen LogP) is 12.8. The summed E-state index contributed by atoms with van der Waals surface area (Å²) >= 11 is 1.90. The third-order valence-corrected chi connectivity index (χ3v) is 11.4. The summed E-state index contributed by atoms with van der Waals surface area (Å²) in [6, 6.07) is 69.2. The van der Waals surface area contributed by atoms with Crippen LogP contribution < -0.4 is 4.90 Å². The summed E-state index contributed by atoms with van der Waals surface area (Å²) in [6.45, 7) is 0. The van der Waals surface area contributed by atoms with Gasteiger partial charge in [0, 0.05) is 26.9 Å². The molecule has 0 aromatic heterocycles. The first-order valence-corrected chi connectivity index (χ1v) is 17.7. The van der Waals surface area contributed by atoms with E-state index in [1.54, 1.807) is 0 Å². The summed E-state index contributed by atoms with van der Waals surface area (Å²) in [7, 11) is 0. The molecule has 49 heavy (non-hydrogen) atoms. The summed E-state index contributed by atoms with van der Waals surface area (Å²) < 4.78 is 0. The van der Waals surface area contributed by atoms with Gasteiger partial charge < -0.3 is 4.90 Å². The van der Waals surface area contributed by atoms with Gasteiger partial charge >= 0.3 is 0 Å². The standard InChI is InChI=1S/C47H31NS/c1-3-13-32(14-4-1)33-23-25-37(26-24-33)48(36-17-5-2-6-18-36)38-27-28-45-44(31-38)47(43-29-34-15-7-8-16-35(34)30-46(43)49-45)41-21-11-9-19-39(41)40-20-10-12-22-42(40)47/h1-31H. The van der Waals surface area contributed by atoms with Gasteiger partial charge in [-0.25, -0.2) is 0 Å². The minimum atomic E-state index is -0.456. The molecule has 2 heteroatoms. The van der Waals surface area contributed by atoms with Gasteiger partial charge in [-0.05, 0) is 110 Å². The molecule has 1 spiro atoms. The van der Waals surface area contributed by atoms with Crippen molar-refractivity contribution >= 4 is 39.6 Å². The van der Waals surface area contributed by atoms with Gasteiger partial charge in [0.05, 0.1) is 5.41 Å². The lowest BCUT2D eigenvalue weighted by Gasteiger charge is -2.40. The highest BCUT2D eigenvalue weighted by Gasteiger charge is 2.50. The highest BCUT2D eigenvalue weighted by molar-refractivity contribution is 7.99. The van der Waals surface area contributed by atoms with Crippen LogP contribution in [-0.4, -0.2) is 0 Å². The van der Waals surface area contributed by atoms with Crippen molar-refractivity contribution in [2.24, 2.45) is 0 Å². The predicted molar refractivity (Wildman–Crippen MR) is 205 cm³/mol. The first-order valence-electron chi connectivity index (χ1n) is 16.8. The third kappa shape index (κ3) is 4.27. The molecular formula is C47H31NS. The van der Waals surface area contributed by atoms with Crippen LogP contribution in [-0.2, 0) is 5.41 Å². The molecule has 1 heterocycles. The summed E-state index contributed by atoms with van der Waals surface area (Å²) in [5.41, 5.74) is 13.4. The largest absolute Gasteiger partial charge is 0.310 e. The van der Waals surface area contributed by atoms with Crippen LogP contribution in [0.25, 0.3) is 33.0 Å². The van der Waals surface area contributed by atoms with Crippen LogP contribution in [0.3, 0.4) is 0 Å². The average Bonchev–Trinajstić information content (AvgIpc) is 3.46. The Morgan fingerprint density at radius 3 is 1.55 bits per heavy atom. The molecule has 0 saturated carbocycles. The van der Waals surface area contributed by atoms with Gasteiger partial charge in [0.15, 0.2) is 0 Å². The third-order valence-electron chi connectivity index (χ3n) is 10.3. The summed E-state index contributed by atoms with van der Waals surface area (Å²) in [5.74, 6) is 0. The van der Waals surface area contributed by atoms with E-state index >= 15 is 0 Å². The van der Waals surface area contributed by atoms with E-state index in [2.05, 4.69) is 193 Å². The van der Waals surface area contributed by atoms with Gasteiger partial charge in [0.2, 0.25) is 0 Å². The van der Waals surface area contributed by atoms with Crippen molar-refractivity contribution in [3.05, 3.63) is 210 Å². The Balaban J connectivity index is 1.23. The first-order chi connectivity index (χ1) is 24.3. The van der Waals surface area contributed by atoms with Crippen molar-refractivity contribution in [3.63, 3.8) is 0 Å². The highest BCUT2D eigenvalue weighted by Crippen LogP contribution is 2.63. The summed E-state index contributed by atoms with van der Waals surface area (Å²) in [5, 5.41) is 2.55. The zero-order valence-electron chi connectivity index (χ0n) is 26.8. The summed E-state index contributed by atoms with van der Waals surface area (Å²) in [4.78, 5) is 5.02. The van der Waals surface area contributed by atoms with Crippen LogP contribution in [0.2, 0.25) is 0 Å². The van der Waals surface area contributed by atoms with Gasteiger partial charge in [0.1, 0.15) is 0 Å². The molecule has 230 valence electrons. The van der Waals surface area contributed by atoms with Gasteiger partial charge in [-0.3, -0.25) is 0 Å². The van der Waals surface area contributed by atoms with Crippen molar-refractivity contribution in [1.82, 2.24) is 0 Å². The Morgan fingerprint density at radius 1 is 0.347 bits per heavy atom. The monoisotopic (exact) mass is 641 g/mol. The minimum absolute atomic E-state index is 0.456. The van der Waals surface area contributed by atoms with E-state index in [0.29, 0.717) is 0 Å². The summed E-state index contributed by atoms with van der Waals surface area (Å²) in [6.07, 6.45) is 0. The fourth-order valence-electron chi connectivity index (χ4n) is 8.17. The molecule has 1 aliphatic carbocycles. The van der Waals surface area contributed by atoms with Crippen molar-refractivity contribution in [1.29, 1.82) is 0 Å². The molecule has 0 radical (unpaired) electrons. The molecule has 10 rings (SSSR count). The van der Waals surface area contributed by atoms with Crippen LogP contribution in [0.1, 0.15) is 22.3 Å². The molecular weight excluding hydrogens is 611 g/mol. The second-order valence-electron chi connectivity index (χ2n) is 12.9. The van der Waals surface area contributed by atoms with E-state index in [-0.39, 0.29) is 0 Å². The maximum absolute atomic E-state index is 2.47. The Morgan fingerprint density at radius 2 is 0.857 bits per heavy atom. The first kappa shape index (κ1) is 28.2. The second-order valence-corrected chi connectivity index (χ2v) is 14.0. The SMILES string of the molecule is c1ccc(-c2ccc(N(c3ccccc3)c3ccc4c(c3)C3(c5cc6ccccc6cc5S4)c4ccccc4-c4ccccc43)cc2)cc1. The lowest BCUT2D eigenvalue weighted by Crippen LogP contribution is -2.32. The fourth-order valence-corrected chi connectivity index (χ4v) is 9.38. The Kier molecular flexibility index (Phi) is 6.40. The van der Waals surface area contributed by atoms with Crippen LogP contribution >= 0.6 is 11.8 Å². The molecule has 0 amide bonds. The molecule has 1 aliphatic heterocycles. The number of hydrogen-bond donors (Lipinski definition) is 0. The average molecular weight is 642 g/mol. The topological polar surface area (TPSA) is 3.24 Å². The van der Waals surface area contributed by atoms with E-state index in [9.17, 15) is 0 Å². The number of para-hydroxylation sites is 1. The number of nitrogens with zero attached hydrogens (tertiary/aromatic N) is 1. The molecule has 1 nitrogen and oxygen atoms in total. The smallest absolute Gasteiger partial charge is 0.0736 e. The molecule has 0 N–H and O–H groups in total. The molecule has 0 atom stereocenters. The molecule has 0 bridgehead atoms. The Hall–Kier alpha value is -5.83. The van der Waals surface area contributed by atoms with Gasteiger partial charge in [-0.1, -0.05) is 145 Å². The van der Waals surface area contributed by atoms with Crippen molar-refractivity contribution in [3.8, 4) is 22.3 Å². The minimum Gasteiger partial charge on any atom is -0.310 e. The lowest BCUT2D eigenvalue weighted by molar-refractivity contribution is 0.724. The normalized spacial score (nSPS) is 13.4. The number of benzene rings is 8. The Labute approximate surface area is 291 Å². The highest BCUT2D eigenvalue weighted by atomic mass is 32.2. The molecule has 8 aromatic rings. The van der Waals surface area contributed by atoms with E-state index in [1.807, 2.05) is 11.8 Å². The van der Waals surface area contributed by atoms with Gasteiger partial charge in [0.25, 0.3) is 0 Å². The van der Waals surface area contributed by atoms with E-state index in [0.717, 1.165) is 17.1 Å². The molecule has 8 aromatic carbocycles. The van der Waals surface area contributed by atoms with Crippen molar-refractivity contribution in [2.45, 2.75) is 15.2 Å². The number of fused-ring (bicyclic) bond motifs is 10. The van der Waals surface area contributed by atoms with Gasteiger partial charge in [-0.15, -0.1) is 0 Å². The van der Waals surface area contributed by atoms with Crippen LogP contribution in [0.15, 0.2) is 198 Å². The van der Waals surface area contributed by atoms with E-state index in [4.69, 9.17) is 0 Å². The Bertz CT molecular complexity index is 2470. The molecule has 0 saturated heterocycles. The zero-order chi connectivity index (χ0) is 32.4. The van der Waals surface area contributed by atoms with Crippen LogP contribution in [0.4, 0.5) is 17.1 Å². The maximum atomic E-state index is 2.47. The lowest BCUT2D eigenvalue weighted by atomic mass is 9.67.